The van der Waals surface area contributed by atoms with Crippen LogP contribution in [0.25, 0.3) is 10.9 Å². The average molecular weight is 810 g/mol. The third kappa shape index (κ3) is 7.71. The lowest BCUT2D eigenvalue weighted by atomic mass is 9.85. The molecule has 0 bridgehead atoms. The molecule has 1 N–H and O–H groups in total. The maximum Gasteiger partial charge on any atom is 0.306 e. The summed E-state index contributed by atoms with van der Waals surface area (Å²) < 4.78 is 69.0. The molecule has 2 amide bonds. The van der Waals surface area contributed by atoms with Gasteiger partial charge in [0.1, 0.15) is 11.4 Å². The van der Waals surface area contributed by atoms with Crippen molar-refractivity contribution in [3.8, 4) is 5.75 Å². The molecule has 8 rings (SSSR count). The summed E-state index contributed by atoms with van der Waals surface area (Å²) in [7, 11) is -3.97. The van der Waals surface area contributed by atoms with E-state index in [-0.39, 0.29) is 43.4 Å². The summed E-state index contributed by atoms with van der Waals surface area (Å²) >= 11 is 0. The molecule has 1 saturated heterocycles. The van der Waals surface area contributed by atoms with Gasteiger partial charge in [-0.15, -0.1) is 0 Å². The zero-order valence-electron chi connectivity index (χ0n) is 32.9. The van der Waals surface area contributed by atoms with Crippen molar-refractivity contribution >= 4 is 44.5 Å². The van der Waals surface area contributed by atoms with Gasteiger partial charge < -0.3 is 14.4 Å². The van der Waals surface area contributed by atoms with E-state index in [4.69, 9.17) is 9.47 Å². The van der Waals surface area contributed by atoms with Crippen molar-refractivity contribution in [1.82, 2.24) is 14.6 Å². The van der Waals surface area contributed by atoms with Crippen molar-refractivity contribution in [2.24, 2.45) is 23.2 Å². The Morgan fingerprint density at radius 1 is 1.02 bits per heavy atom. The van der Waals surface area contributed by atoms with Gasteiger partial charge in [-0.2, -0.15) is 0 Å². The van der Waals surface area contributed by atoms with Crippen LogP contribution in [-0.2, 0) is 40.4 Å². The van der Waals surface area contributed by atoms with Gasteiger partial charge in [-0.25, -0.2) is 22.2 Å². The molecule has 6 aliphatic rings. The van der Waals surface area contributed by atoms with E-state index in [9.17, 15) is 36.4 Å². The van der Waals surface area contributed by atoms with Gasteiger partial charge >= 0.3 is 5.97 Å². The molecule has 1 aromatic carbocycles. The molecule has 14 heteroatoms. The monoisotopic (exact) mass is 809 g/mol. The van der Waals surface area contributed by atoms with Crippen LogP contribution in [0.5, 0.6) is 5.75 Å². The number of ketones is 1. The predicted molar refractivity (Wildman–Crippen MR) is 206 cm³/mol. The number of aryl methyl sites for hydroxylation is 2. The summed E-state index contributed by atoms with van der Waals surface area (Å²) in [5, 5.41) is 0.427. The number of Topliss-reactive ketones (excluding diaryl/α,β-unsaturated/α-hetero) is 1. The molecule has 0 unspecified atom stereocenters. The molecule has 4 heterocycles. The van der Waals surface area contributed by atoms with Gasteiger partial charge in [-0.3, -0.25) is 23.9 Å². The van der Waals surface area contributed by atoms with E-state index in [1.807, 2.05) is 12.2 Å². The summed E-state index contributed by atoms with van der Waals surface area (Å²) in [6.45, 7) is 3.67. The Morgan fingerprint density at radius 2 is 1.75 bits per heavy atom. The zero-order valence-corrected chi connectivity index (χ0v) is 33.7. The highest BCUT2D eigenvalue weighted by atomic mass is 32.2. The number of aromatic nitrogens is 1. The fourth-order valence-corrected chi connectivity index (χ4v) is 11.1. The molecule has 57 heavy (non-hydrogen) atoms. The van der Waals surface area contributed by atoms with Crippen LogP contribution in [0.2, 0.25) is 0 Å². The Hall–Kier alpha value is -3.94. The quantitative estimate of drug-likeness (QED) is 0.238. The van der Waals surface area contributed by atoms with Crippen molar-refractivity contribution in [2.45, 2.75) is 139 Å². The number of halogens is 2. The van der Waals surface area contributed by atoms with Crippen LogP contribution < -0.4 is 9.46 Å². The summed E-state index contributed by atoms with van der Waals surface area (Å²) in [6, 6.07) is 1.16. The number of fused-ring (bicyclic) bond motifs is 5. The van der Waals surface area contributed by atoms with Gasteiger partial charge in [0, 0.05) is 35.8 Å². The maximum absolute atomic E-state index is 14.8. The Balaban J connectivity index is 1.11. The van der Waals surface area contributed by atoms with E-state index in [1.165, 1.54) is 4.90 Å². The first-order valence-electron chi connectivity index (χ1n) is 20.8. The van der Waals surface area contributed by atoms with Crippen molar-refractivity contribution < 1.29 is 45.9 Å². The molecular formula is C43H53F2N3O8S. The largest absolute Gasteiger partial charge is 0.483 e. The number of carbonyl (C=O) groups is 4. The fraction of sp³-hybridized carbons (Fsp3) is 0.651. The van der Waals surface area contributed by atoms with Crippen LogP contribution in [0, 0.1) is 41.7 Å². The van der Waals surface area contributed by atoms with Gasteiger partial charge in [-0.05, 0) is 96.0 Å². The molecule has 1 aromatic heterocycles. The average Bonchev–Trinajstić information content (AvgIpc) is 3.95. The van der Waals surface area contributed by atoms with E-state index in [0.29, 0.717) is 85.4 Å². The number of ether oxygens (including phenoxy) is 2. The van der Waals surface area contributed by atoms with Gasteiger partial charge in [0.05, 0.1) is 47.0 Å². The molecule has 4 fully saturated rings. The number of esters is 1. The molecule has 5 atom stereocenters. The van der Waals surface area contributed by atoms with E-state index >= 15 is 0 Å². The second-order valence-electron chi connectivity index (χ2n) is 18.1. The summed E-state index contributed by atoms with van der Waals surface area (Å²) in [5.41, 5.74) is -0.921. The molecular weight excluding hydrogens is 757 g/mol. The van der Waals surface area contributed by atoms with E-state index in [2.05, 4.69) is 9.71 Å². The Kier molecular flexibility index (Phi) is 10.5. The van der Waals surface area contributed by atoms with Gasteiger partial charge in [0.15, 0.2) is 17.4 Å². The second-order valence-corrected chi connectivity index (χ2v) is 20.3. The number of nitrogens with zero attached hydrogens (tertiary/aromatic N) is 2. The lowest BCUT2D eigenvalue weighted by molar-refractivity contribution is -0.151. The summed E-state index contributed by atoms with van der Waals surface area (Å²) in [5.74, 6) is -4.25. The highest BCUT2D eigenvalue weighted by Gasteiger charge is 2.63. The number of hydrogen-bond acceptors (Lipinski definition) is 9. The third-order valence-electron chi connectivity index (χ3n) is 13.9. The molecule has 3 aliphatic heterocycles. The Labute approximate surface area is 332 Å². The zero-order chi connectivity index (χ0) is 40.3. The lowest BCUT2D eigenvalue weighted by Crippen LogP contribution is -2.48. The topological polar surface area (TPSA) is 149 Å². The molecule has 3 aliphatic carbocycles. The third-order valence-corrected chi connectivity index (χ3v) is 16.0. The van der Waals surface area contributed by atoms with Crippen LogP contribution in [0.1, 0.15) is 121 Å². The normalized spacial score (nSPS) is 30.7. The fourth-order valence-electron chi connectivity index (χ4n) is 9.80. The van der Waals surface area contributed by atoms with Crippen molar-refractivity contribution in [2.75, 3.05) is 13.2 Å². The molecule has 11 nitrogen and oxygen atoms in total. The predicted octanol–water partition coefficient (Wildman–Crippen LogP) is 6.71. The van der Waals surface area contributed by atoms with Crippen LogP contribution in [0.4, 0.5) is 8.78 Å². The highest BCUT2D eigenvalue weighted by molar-refractivity contribution is 7.91. The number of sulfonamides is 1. The second kappa shape index (κ2) is 15.0. The van der Waals surface area contributed by atoms with Gasteiger partial charge in [-0.1, -0.05) is 37.8 Å². The standard InChI is InChI=1S/C43H53F2N3O8S/c1-26-38-30(31-19-32(44)33(45)20-34(31)46-26)14-15-42(56-38)22-35-36(49)23-43(40(52)47-57(53,54)41(2)16-17-41)21-29(43)13-7-5-3-4-6-12-28(39(51)48(35)25-42)18-37(50)55-24-27-10-8-9-11-27/h7,13,19-20,27-29,35H,3-6,8-12,14-18,21-25H2,1-2H3,(H,47,52)/b13-7-/t28-,29-,35+,42-,43-/m1/s1. The minimum absolute atomic E-state index is 0.0276. The number of allylic oxidation sites excluding steroid dienone is 2. The van der Waals surface area contributed by atoms with Gasteiger partial charge in [0.25, 0.3) is 0 Å². The summed E-state index contributed by atoms with van der Waals surface area (Å²) in [6.07, 6.45) is 13.2. The van der Waals surface area contributed by atoms with Crippen LogP contribution in [-0.4, -0.2) is 71.4 Å². The van der Waals surface area contributed by atoms with Crippen molar-refractivity contribution in [1.29, 1.82) is 0 Å². The number of hydrogen-bond donors (Lipinski definition) is 1. The SMILES string of the molecule is Cc1nc2cc(F)c(F)cc2c2c1O[C@]1(CC2)C[C@H]2C(=O)C[C@]3(C(=O)NS(=O)(=O)C4(C)CC4)C[C@H]3/C=C\CCCCC[C@H](CC(=O)OCC3CCCC3)C(=O)N2C1. The molecule has 3 saturated carbocycles. The first-order chi connectivity index (χ1) is 27.1. The number of nitrogens with one attached hydrogen (secondary N) is 1. The first kappa shape index (κ1) is 39.9. The van der Waals surface area contributed by atoms with Crippen LogP contribution >= 0.6 is 0 Å². The summed E-state index contributed by atoms with van der Waals surface area (Å²) in [4.78, 5) is 63.0. The van der Waals surface area contributed by atoms with E-state index in [0.717, 1.165) is 57.1 Å². The Morgan fingerprint density at radius 3 is 2.51 bits per heavy atom. The molecule has 2 aromatic rings. The first-order valence-corrected chi connectivity index (χ1v) is 22.3. The highest BCUT2D eigenvalue weighted by Crippen LogP contribution is 2.58. The smallest absolute Gasteiger partial charge is 0.306 e. The molecule has 308 valence electrons. The van der Waals surface area contributed by atoms with Crippen LogP contribution in [0.15, 0.2) is 24.3 Å². The Bertz CT molecular complexity index is 2130. The van der Waals surface area contributed by atoms with Gasteiger partial charge in [0.2, 0.25) is 21.8 Å². The number of carbonyl (C=O) groups excluding carboxylic acids is 4. The number of benzene rings is 1. The number of rotatable bonds is 7. The number of pyridine rings is 1. The van der Waals surface area contributed by atoms with Crippen molar-refractivity contribution in [3.05, 3.63) is 47.2 Å². The number of amides is 2. The lowest BCUT2D eigenvalue weighted by Gasteiger charge is -2.36. The van der Waals surface area contributed by atoms with E-state index < -0.39 is 61.3 Å². The van der Waals surface area contributed by atoms with Crippen LogP contribution in [0.3, 0.4) is 0 Å². The van der Waals surface area contributed by atoms with E-state index in [1.54, 1.807) is 13.8 Å². The molecule has 1 spiro atoms. The minimum atomic E-state index is -3.97. The molecule has 0 radical (unpaired) electrons. The maximum atomic E-state index is 14.8. The minimum Gasteiger partial charge on any atom is -0.483 e. The van der Waals surface area contributed by atoms with Crippen molar-refractivity contribution in [3.63, 3.8) is 0 Å².